The van der Waals surface area contributed by atoms with Gasteiger partial charge in [0.25, 0.3) is 0 Å². The Bertz CT molecular complexity index is 965. The molecule has 27 heavy (non-hydrogen) atoms. The zero-order valence-electron chi connectivity index (χ0n) is 14.8. The standard InChI is InChI=1S/C21H18O6/c1-24-15-3-4-17-16(8-15)20(23)27-21(17)9-13(6-14(22)10-21)12-2-5-18-19(7-12)26-11-25-18/h2-5,7-8,13H,6,9-11H2,1H3/t13?,21-/m1/s1. The van der Waals surface area contributed by atoms with Gasteiger partial charge in [0.1, 0.15) is 17.1 Å². The van der Waals surface area contributed by atoms with Crippen LogP contribution in [0.4, 0.5) is 0 Å². The van der Waals surface area contributed by atoms with Gasteiger partial charge in [0.2, 0.25) is 6.79 Å². The Balaban J connectivity index is 1.53. The molecule has 6 heteroatoms. The normalized spacial score (nSPS) is 25.4. The van der Waals surface area contributed by atoms with Crippen LogP contribution < -0.4 is 14.2 Å². The number of ketones is 1. The molecule has 2 aliphatic heterocycles. The number of ether oxygens (including phenoxy) is 4. The monoisotopic (exact) mass is 366 g/mol. The summed E-state index contributed by atoms with van der Waals surface area (Å²) >= 11 is 0. The molecule has 5 rings (SSSR count). The quantitative estimate of drug-likeness (QED) is 0.760. The minimum atomic E-state index is -0.908. The van der Waals surface area contributed by atoms with Crippen molar-refractivity contribution in [1.29, 1.82) is 0 Å². The molecule has 0 saturated heterocycles. The van der Waals surface area contributed by atoms with Gasteiger partial charge >= 0.3 is 5.97 Å². The molecule has 0 aromatic heterocycles. The maximum atomic E-state index is 12.6. The number of Topliss-reactive ketones (excluding diaryl/α,β-unsaturated/α-hetero) is 1. The largest absolute Gasteiger partial charge is 0.497 e. The number of hydrogen-bond donors (Lipinski definition) is 0. The Labute approximate surface area is 156 Å². The summed E-state index contributed by atoms with van der Waals surface area (Å²) in [6.07, 6.45) is 1.19. The average Bonchev–Trinajstić information content (AvgIpc) is 3.23. The van der Waals surface area contributed by atoms with Crippen molar-refractivity contribution >= 4 is 11.8 Å². The highest BCUT2D eigenvalue weighted by Gasteiger charge is 2.51. The van der Waals surface area contributed by atoms with Crippen molar-refractivity contribution in [2.24, 2.45) is 0 Å². The lowest BCUT2D eigenvalue weighted by Gasteiger charge is -2.36. The maximum absolute atomic E-state index is 12.6. The summed E-state index contributed by atoms with van der Waals surface area (Å²) in [6, 6.07) is 11.1. The third-order valence-corrected chi connectivity index (χ3v) is 5.63. The van der Waals surface area contributed by atoms with Crippen molar-refractivity contribution in [3.8, 4) is 17.2 Å². The summed E-state index contributed by atoms with van der Waals surface area (Å²) in [4.78, 5) is 25.1. The second-order valence-corrected chi connectivity index (χ2v) is 7.23. The van der Waals surface area contributed by atoms with E-state index in [1.165, 1.54) is 0 Å². The zero-order chi connectivity index (χ0) is 18.6. The van der Waals surface area contributed by atoms with E-state index in [-0.39, 0.29) is 24.9 Å². The van der Waals surface area contributed by atoms with E-state index in [0.29, 0.717) is 35.7 Å². The van der Waals surface area contributed by atoms with E-state index in [2.05, 4.69) is 0 Å². The molecule has 0 N–H and O–H groups in total. The molecule has 0 amide bonds. The number of benzene rings is 2. The number of fused-ring (bicyclic) bond motifs is 3. The van der Waals surface area contributed by atoms with Crippen LogP contribution in [0.2, 0.25) is 0 Å². The number of hydrogen-bond acceptors (Lipinski definition) is 6. The molecular formula is C21H18O6. The minimum absolute atomic E-state index is 0.0541. The molecule has 3 aliphatic rings. The summed E-state index contributed by atoms with van der Waals surface area (Å²) in [6.45, 7) is 0.207. The first-order chi connectivity index (χ1) is 13.1. The Kier molecular flexibility index (Phi) is 3.44. The molecule has 2 aromatic rings. The fourth-order valence-corrected chi connectivity index (χ4v) is 4.40. The molecule has 2 heterocycles. The fraction of sp³-hybridized carbons (Fsp3) is 0.333. The molecule has 1 aliphatic carbocycles. The molecule has 2 atom stereocenters. The number of rotatable bonds is 2. The molecule has 0 bridgehead atoms. The van der Waals surface area contributed by atoms with Crippen LogP contribution in [0.25, 0.3) is 0 Å². The highest BCUT2D eigenvalue weighted by molar-refractivity contribution is 5.96. The van der Waals surface area contributed by atoms with E-state index >= 15 is 0 Å². The van der Waals surface area contributed by atoms with Gasteiger partial charge in [-0.2, -0.15) is 0 Å². The van der Waals surface area contributed by atoms with Gasteiger partial charge in [0.05, 0.1) is 19.1 Å². The topological polar surface area (TPSA) is 71.1 Å². The lowest BCUT2D eigenvalue weighted by molar-refractivity contribution is -0.129. The molecule has 1 saturated carbocycles. The van der Waals surface area contributed by atoms with E-state index in [1.54, 1.807) is 19.2 Å². The van der Waals surface area contributed by atoms with Gasteiger partial charge in [0.15, 0.2) is 11.5 Å². The van der Waals surface area contributed by atoms with Gasteiger partial charge in [-0.05, 0) is 42.2 Å². The van der Waals surface area contributed by atoms with Gasteiger partial charge in [-0.3, -0.25) is 4.79 Å². The van der Waals surface area contributed by atoms with Crippen LogP contribution in [-0.2, 0) is 15.1 Å². The third kappa shape index (κ3) is 2.47. The van der Waals surface area contributed by atoms with Crippen LogP contribution in [0, 0.1) is 0 Å². The Morgan fingerprint density at radius 1 is 1.07 bits per heavy atom. The second-order valence-electron chi connectivity index (χ2n) is 7.23. The lowest BCUT2D eigenvalue weighted by atomic mass is 9.71. The molecule has 1 unspecified atom stereocenters. The number of esters is 1. The molecule has 2 aromatic carbocycles. The predicted octanol–water partition coefficient (Wildman–Crippen LogP) is 3.33. The smallest absolute Gasteiger partial charge is 0.339 e. The third-order valence-electron chi connectivity index (χ3n) is 5.63. The number of methoxy groups -OCH3 is 1. The molecule has 1 fully saturated rings. The zero-order valence-corrected chi connectivity index (χ0v) is 14.8. The summed E-state index contributed by atoms with van der Waals surface area (Å²) in [5, 5.41) is 0. The van der Waals surface area contributed by atoms with Gasteiger partial charge in [-0.15, -0.1) is 0 Å². The van der Waals surface area contributed by atoms with Crippen molar-refractivity contribution in [3.63, 3.8) is 0 Å². The van der Waals surface area contributed by atoms with Crippen LogP contribution >= 0.6 is 0 Å². The molecule has 1 spiro atoms. The second kappa shape index (κ2) is 5.74. The van der Waals surface area contributed by atoms with Crippen LogP contribution in [0.1, 0.15) is 46.7 Å². The summed E-state index contributed by atoms with van der Waals surface area (Å²) in [5.74, 6) is 1.62. The maximum Gasteiger partial charge on any atom is 0.339 e. The average molecular weight is 366 g/mol. The Morgan fingerprint density at radius 2 is 1.93 bits per heavy atom. The molecule has 0 radical (unpaired) electrons. The van der Waals surface area contributed by atoms with Crippen molar-refractivity contribution in [3.05, 3.63) is 53.1 Å². The number of carbonyl (C=O) groups is 2. The van der Waals surface area contributed by atoms with E-state index in [0.717, 1.165) is 11.1 Å². The SMILES string of the molecule is COc1ccc2c(c1)C(=O)O[C@]21CC(=O)CC(c2ccc3c(c2)OCO3)C1. The fourth-order valence-electron chi connectivity index (χ4n) is 4.40. The van der Waals surface area contributed by atoms with E-state index < -0.39 is 11.6 Å². The van der Waals surface area contributed by atoms with E-state index in [1.807, 2.05) is 24.3 Å². The van der Waals surface area contributed by atoms with Gasteiger partial charge in [-0.1, -0.05) is 12.1 Å². The molecule has 138 valence electrons. The van der Waals surface area contributed by atoms with Crippen LogP contribution in [0.5, 0.6) is 17.2 Å². The van der Waals surface area contributed by atoms with Crippen molar-refractivity contribution in [2.45, 2.75) is 30.8 Å². The Morgan fingerprint density at radius 3 is 2.78 bits per heavy atom. The van der Waals surface area contributed by atoms with Gasteiger partial charge < -0.3 is 18.9 Å². The first-order valence-electron chi connectivity index (χ1n) is 8.91. The van der Waals surface area contributed by atoms with E-state index in [9.17, 15) is 9.59 Å². The number of carbonyl (C=O) groups excluding carboxylic acids is 2. The summed E-state index contributed by atoms with van der Waals surface area (Å²) in [7, 11) is 1.55. The van der Waals surface area contributed by atoms with Gasteiger partial charge in [-0.25, -0.2) is 4.79 Å². The Hall–Kier alpha value is -3.02. The van der Waals surface area contributed by atoms with Crippen LogP contribution in [-0.4, -0.2) is 25.7 Å². The highest BCUT2D eigenvalue weighted by Crippen LogP contribution is 2.51. The lowest BCUT2D eigenvalue weighted by Crippen LogP contribution is -2.36. The van der Waals surface area contributed by atoms with Crippen LogP contribution in [0.15, 0.2) is 36.4 Å². The van der Waals surface area contributed by atoms with Crippen LogP contribution in [0.3, 0.4) is 0 Å². The first-order valence-corrected chi connectivity index (χ1v) is 8.91. The van der Waals surface area contributed by atoms with Crippen molar-refractivity contribution in [2.75, 3.05) is 13.9 Å². The van der Waals surface area contributed by atoms with Crippen molar-refractivity contribution in [1.82, 2.24) is 0 Å². The summed E-state index contributed by atoms with van der Waals surface area (Å²) < 4.78 is 21.9. The minimum Gasteiger partial charge on any atom is -0.497 e. The molecular weight excluding hydrogens is 348 g/mol. The first kappa shape index (κ1) is 16.2. The van der Waals surface area contributed by atoms with Crippen molar-refractivity contribution < 1.29 is 28.5 Å². The van der Waals surface area contributed by atoms with Gasteiger partial charge in [0, 0.05) is 12.0 Å². The predicted molar refractivity (Wildman–Crippen MR) is 94.3 cm³/mol. The van der Waals surface area contributed by atoms with E-state index in [4.69, 9.17) is 18.9 Å². The molecule has 6 nitrogen and oxygen atoms in total. The summed E-state index contributed by atoms with van der Waals surface area (Å²) in [5.41, 5.74) is 1.33. The highest BCUT2D eigenvalue weighted by atomic mass is 16.7.